The Morgan fingerprint density at radius 1 is 1.35 bits per heavy atom. The highest BCUT2D eigenvalue weighted by Crippen LogP contribution is 2.30. The molecule has 3 heteroatoms. The number of aryl methyl sites for hydroxylation is 2. The molecule has 0 amide bonds. The second-order valence-corrected chi connectivity index (χ2v) is 4.65. The van der Waals surface area contributed by atoms with Crippen LogP contribution in [0.25, 0.3) is 0 Å². The first kappa shape index (κ1) is 12.4. The average molecular weight is 236 g/mol. The number of aliphatic hydroxyl groups is 1. The molecule has 0 radical (unpaired) electrons. The maximum Gasteiger partial charge on any atom is 0.130 e. The van der Waals surface area contributed by atoms with Crippen LogP contribution in [0.2, 0.25) is 0 Å². The smallest absolute Gasteiger partial charge is 0.130 e. The summed E-state index contributed by atoms with van der Waals surface area (Å²) >= 11 is 0. The quantitative estimate of drug-likeness (QED) is 0.871. The summed E-state index contributed by atoms with van der Waals surface area (Å²) in [4.78, 5) is 0. The number of benzene rings is 1. The lowest BCUT2D eigenvalue weighted by molar-refractivity contribution is -0.160. The molecule has 0 saturated heterocycles. The highest BCUT2D eigenvalue weighted by Gasteiger charge is 2.42. The molecule has 17 heavy (non-hydrogen) atoms. The van der Waals surface area contributed by atoms with Crippen LogP contribution in [0.1, 0.15) is 24.5 Å². The lowest BCUT2D eigenvalue weighted by atomic mass is 9.88. The topological polar surface area (TPSA) is 38.7 Å². The van der Waals surface area contributed by atoms with Gasteiger partial charge in [-0.05, 0) is 38.0 Å². The molecular weight excluding hydrogens is 216 g/mol. The third kappa shape index (κ3) is 2.61. The molecule has 3 atom stereocenters. The van der Waals surface area contributed by atoms with Crippen molar-refractivity contribution in [2.24, 2.45) is 0 Å². The van der Waals surface area contributed by atoms with Crippen LogP contribution in [0.3, 0.4) is 0 Å². The predicted octanol–water partition coefficient (Wildman–Crippen LogP) is 2.22. The molecule has 1 aliphatic carbocycles. The molecule has 3 unspecified atom stereocenters. The Labute approximate surface area is 102 Å². The molecule has 0 heterocycles. The van der Waals surface area contributed by atoms with Gasteiger partial charge < -0.3 is 14.6 Å². The molecule has 1 aromatic rings. The highest BCUT2D eigenvalue weighted by atomic mass is 16.6. The molecule has 0 bridgehead atoms. The molecule has 1 aromatic carbocycles. The molecule has 0 aliphatic heterocycles. The van der Waals surface area contributed by atoms with E-state index in [4.69, 9.17) is 9.47 Å². The van der Waals surface area contributed by atoms with Crippen molar-refractivity contribution < 1.29 is 14.6 Å². The van der Waals surface area contributed by atoms with Crippen molar-refractivity contribution in [1.29, 1.82) is 0 Å². The van der Waals surface area contributed by atoms with E-state index in [0.717, 1.165) is 11.3 Å². The molecule has 94 valence electrons. The van der Waals surface area contributed by atoms with Gasteiger partial charge >= 0.3 is 0 Å². The molecule has 1 fully saturated rings. The van der Waals surface area contributed by atoms with Gasteiger partial charge in [-0.25, -0.2) is 0 Å². The van der Waals surface area contributed by atoms with Gasteiger partial charge in [0, 0.05) is 13.0 Å². The summed E-state index contributed by atoms with van der Waals surface area (Å²) in [6.07, 6.45) is 0.0633. The summed E-state index contributed by atoms with van der Waals surface area (Å²) in [5.74, 6) is 0.895. The van der Waals surface area contributed by atoms with Crippen LogP contribution in [-0.4, -0.2) is 30.0 Å². The Morgan fingerprint density at radius 3 is 2.76 bits per heavy atom. The van der Waals surface area contributed by atoms with E-state index in [1.807, 2.05) is 26.8 Å². The van der Waals surface area contributed by atoms with Gasteiger partial charge in [0.15, 0.2) is 0 Å². The molecule has 1 N–H and O–H groups in total. The summed E-state index contributed by atoms with van der Waals surface area (Å²) < 4.78 is 11.4. The minimum absolute atomic E-state index is 0.0227. The van der Waals surface area contributed by atoms with E-state index in [1.54, 1.807) is 0 Å². The first-order chi connectivity index (χ1) is 8.11. The molecule has 3 nitrogen and oxygen atoms in total. The van der Waals surface area contributed by atoms with E-state index in [9.17, 15) is 5.11 Å². The number of hydrogen-bond donors (Lipinski definition) is 1. The van der Waals surface area contributed by atoms with E-state index in [1.165, 1.54) is 5.56 Å². The molecule has 2 rings (SSSR count). The number of rotatable bonds is 4. The van der Waals surface area contributed by atoms with Crippen molar-refractivity contribution in [1.82, 2.24) is 0 Å². The first-order valence-electron chi connectivity index (χ1n) is 6.15. The minimum atomic E-state index is -0.384. The standard InChI is InChI=1S/C14H20O3/c1-4-16-14-11(15)8-13(14)17-12-7-9(2)5-6-10(12)3/h5-7,11,13-15H,4,8H2,1-3H3. The molecule has 0 aromatic heterocycles. The fourth-order valence-corrected chi connectivity index (χ4v) is 2.08. The van der Waals surface area contributed by atoms with Crippen molar-refractivity contribution in [3.05, 3.63) is 29.3 Å². The average Bonchev–Trinajstić information content (AvgIpc) is 2.30. The third-order valence-corrected chi connectivity index (χ3v) is 3.20. The minimum Gasteiger partial charge on any atom is -0.487 e. The van der Waals surface area contributed by atoms with Crippen molar-refractivity contribution in [2.45, 2.75) is 45.5 Å². The Hall–Kier alpha value is -1.06. The molecule has 1 aliphatic rings. The van der Waals surface area contributed by atoms with Gasteiger partial charge in [-0.1, -0.05) is 12.1 Å². The van der Waals surface area contributed by atoms with Crippen LogP contribution < -0.4 is 4.74 Å². The van der Waals surface area contributed by atoms with E-state index in [-0.39, 0.29) is 18.3 Å². The summed E-state index contributed by atoms with van der Waals surface area (Å²) in [7, 11) is 0. The summed E-state index contributed by atoms with van der Waals surface area (Å²) in [5, 5.41) is 9.61. The molecule has 1 saturated carbocycles. The monoisotopic (exact) mass is 236 g/mol. The Bertz CT molecular complexity index is 389. The van der Waals surface area contributed by atoms with E-state index < -0.39 is 0 Å². The first-order valence-corrected chi connectivity index (χ1v) is 6.15. The lowest BCUT2D eigenvalue weighted by Gasteiger charge is -2.40. The fraction of sp³-hybridized carbons (Fsp3) is 0.571. The lowest BCUT2D eigenvalue weighted by Crippen LogP contribution is -2.55. The fourth-order valence-electron chi connectivity index (χ4n) is 2.08. The summed E-state index contributed by atoms with van der Waals surface area (Å²) in [5.41, 5.74) is 2.30. The largest absolute Gasteiger partial charge is 0.487 e. The van der Waals surface area contributed by atoms with Crippen LogP contribution in [0.5, 0.6) is 5.75 Å². The number of ether oxygens (including phenoxy) is 2. The van der Waals surface area contributed by atoms with Crippen LogP contribution in [0, 0.1) is 13.8 Å². The van der Waals surface area contributed by atoms with Gasteiger partial charge in [0.25, 0.3) is 0 Å². The van der Waals surface area contributed by atoms with Gasteiger partial charge in [-0.3, -0.25) is 0 Å². The summed E-state index contributed by atoms with van der Waals surface area (Å²) in [6, 6.07) is 6.15. The zero-order valence-electron chi connectivity index (χ0n) is 10.6. The van der Waals surface area contributed by atoms with Gasteiger partial charge in [0.2, 0.25) is 0 Å². The van der Waals surface area contributed by atoms with Crippen LogP contribution >= 0.6 is 0 Å². The number of aliphatic hydroxyl groups excluding tert-OH is 1. The molecule has 0 spiro atoms. The third-order valence-electron chi connectivity index (χ3n) is 3.20. The number of hydrogen-bond acceptors (Lipinski definition) is 3. The van der Waals surface area contributed by atoms with E-state index >= 15 is 0 Å². The van der Waals surface area contributed by atoms with Crippen molar-refractivity contribution >= 4 is 0 Å². The SMILES string of the molecule is CCOC1C(O)CC1Oc1cc(C)ccc1C. The maximum atomic E-state index is 9.61. The van der Waals surface area contributed by atoms with Gasteiger partial charge in [-0.15, -0.1) is 0 Å². The van der Waals surface area contributed by atoms with Gasteiger partial charge in [-0.2, -0.15) is 0 Å². The van der Waals surface area contributed by atoms with Gasteiger partial charge in [0.05, 0.1) is 6.10 Å². The normalized spacial score (nSPS) is 27.6. The van der Waals surface area contributed by atoms with Crippen molar-refractivity contribution in [3.8, 4) is 5.75 Å². The zero-order valence-corrected chi connectivity index (χ0v) is 10.6. The zero-order chi connectivity index (χ0) is 12.4. The second kappa shape index (κ2) is 5.07. The maximum absolute atomic E-state index is 9.61. The van der Waals surface area contributed by atoms with Crippen molar-refractivity contribution in [2.75, 3.05) is 6.61 Å². The van der Waals surface area contributed by atoms with Crippen molar-refractivity contribution in [3.63, 3.8) is 0 Å². The van der Waals surface area contributed by atoms with Crippen LogP contribution in [0.4, 0.5) is 0 Å². The van der Waals surface area contributed by atoms with Crippen LogP contribution in [0.15, 0.2) is 18.2 Å². The summed E-state index contributed by atoms with van der Waals surface area (Å²) in [6.45, 7) is 6.61. The Morgan fingerprint density at radius 2 is 2.12 bits per heavy atom. The Balaban J connectivity index is 2.03. The van der Waals surface area contributed by atoms with Gasteiger partial charge in [0.1, 0.15) is 18.0 Å². The van der Waals surface area contributed by atoms with E-state index in [0.29, 0.717) is 13.0 Å². The van der Waals surface area contributed by atoms with E-state index in [2.05, 4.69) is 12.1 Å². The highest BCUT2D eigenvalue weighted by molar-refractivity contribution is 5.36. The Kier molecular flexibility index (Phi) is 3.69. The van der Waals surface area contributed by atoms with Crippen LogP contribution in [-0.2, 0) is 4.74 Å². The second-order valence-electron chi connectivity index (χ2n) is 4.65. The predicted molar refractivity (Wildman–Crippen MR) is 66.4 cm³/mol. The molecular formula is C14H20O3.